The third kappa shape index (κ3) is 5.38. The number of hydrogen-bond acceptors (Lipinski definition) is 8. The van der Waals surface area contributed by atoms with Crippen molar-refractivity contribution in [1.82, 2.24) is 19.2 Å². The molecule has 194 valence electrons. The Labute approximate surface area is 206 Å². The summed E-state index contributed by atoms with van der Waals surface area (Å²) < 4.78 is 77.5. The summed E-state index contributed by atoms with van der Waals surface area (Å²) >= 11 is 0. The number of alkyl halides is 3. The van der Waals surface area contributed by atoms with Crippen molar-refractivity contribution in [2.75, 3.05) is 39.1 Å². The van der Waals surface area contributed by atoms with Gasteiger partial charge in [0.1, 0.15) is 17.0 Å². The summed E-state index contributed by atoms with van der Waals surface area (Å²) in [4.78, 5) is 14.7. The van der Waals surface area contributed by atoms with Gasteiger partial charge in [0, 0.05) is 56.1 Å². The van der Waals surface area contributed by atoms with Crippen LogP contribution in [0.3, 0.4) is 0 Å². The zero-order valence-electron chi connectivity index (χ0n) is 19.7. The quantitative estimate of drug-likeness (QED) is 0.604. The maximum Gasteiger partial charge on any atom is 0.420 e. The van der Waals surface area contributed by atoms with Gasteiger partial charge in [-0.25, -0.2) is 23.4 Å². The topological polar surface area (TPSA) is 101 Å². The third-order valence-corrected chi connectivity index (χ3v) is 7.83. The molecule has 4 heterocycles. The van der Waals surface area contributed by atoms with E-state index in [1.165, 1.54) is 10.4 Å². The summed E-state index contributed by atoms with van der Waals surface area (Å²) in [7, 11) is -3.44. The van der Waals surface area contributed by atoms with E-state index in [1.807, 2.05) is 12.2 Å². The molecule has 0 radical (unpaired) electrons. The Balaban J connectivity index is 1.43. The van der Waals surface area contributed by atoms with E-state index < -0.39 is 27.5 Å². The van der Waals surface area contributed by atoms with Crippen LogP contribution in [0.2, 0.25) is 0 Å². The molecule has 1 fully saturated rings. The Morgan fingerprint density at radius 2 is 1.94 bits per heavy atom. The van der Waals surface area contributed by atoms with Gasteiger partial charge in [0.15, 0.2) is 5.76 Å². The zero-order valence-corrected chi connectivity index (χ0v) is 20.5. The Kier molecular flexibility index (Phi) is 6.74. The molecule has 1 saturated heterocycles. The van der Waals surface area contributed by atoms with Gasteiger partial charge in [-0.05, 0) is 25.0 Å². The molecule has 0 saturated carbocycles. The molecule has 3 aliphatic rings. The van der Waals surface area contributed by atoms with E-state index in [0.29, 0.717) is 36.7 Å². The molecule has 0 bridgehead atoms. The molecule has 9 nitrogen and oxygen atoms in total. The lowest BCUT2D eigenvalue weighted by Crippen LogP contribution is -2.43. The number of rotatable bonds is 4. The highest BCUT2D eigenvalue weighted by Gasteiger charge is 2.37. The molecule has 0 aromatic carbocycles. The normalized spacial score (nSPS) is 23.2. The summed E-state index contributed by atoms with van der Waals surface area (Å²) in [5.41, 5.74) is -0.245. The lowest BCUT2D eigenvalue weighted by atomic mass is 9.99. The van der Waals surface area contributed by atoms with E-state index in [4.69, 9.17) is 9.15 Å². The number of fused-ring (bicyclic) bond motifs is 1. The molecule has 0 N–H and O–H groups in total. The third-order valence-electron chi connectivity index (χ3n) is 6.58. The molecule has 1 atom stereocenters. The molecule has 1 unspecified atom stereocenters. The largest absolute Gasteiger partial charge is 0.459 e. The van der Waals surface area contributed by atoms with E-state index >= 15 is 0 Å². The standard InChI is InChI=1S/C23H26F3N5O4S/c1-36(32,33)31-7-6-19-15(14-31)12-20(35-19)21-18(23(24,25)26)13-27-22(29-21)28-16-2-4-17(5-3-16)30-8-10-34-11-9-30/h2,4,12-13,17H,3,5-11,14H2,1H3. The van der Waals surface area contributed by atoms with Gasteiger partial charge in [-0.2, -0.15) is 17.5 Å². The Hall–Kier alpha value is -2.61. The minimum absolute atomic E-state index is 0.0361. The van der Waals surface area contributed by atoms with Crippen molar-refractivity contribution in [3.8, 4) is 11.5 Å². The van der Waals surface area contributed by atoms with Crippen molar-refractivity contribution < 1.29 is 30.7 Å². The van der Waals surface area contributed by atoms with Crippen molar-refractivity contribution in [2.45, 2.75) is 38.0 Å². The fourth-order valence-electron chi connectivity index (χ4n) is 4.66. The first kappa shape index (κ1) is 25.1. The molecule has 0 amide bonds. The lowest BCUT2D eigenvalue weighted by Gasteiger charge is -2.34. The Morgan fingerprint density at radius 1 is 1.17 bits per heavy atom. The molecule has 0 spiro atoms. The highest BCUT2D eigenvalue weighted by molar-refractivity contribution is 7.88. The van der Waals surface area contributed by atoms with E-state index in [9.17, 15) is 21.6 Å². The molecule has 1 aliphatic carbocycles. The number of morpholine rings is 1. The van der Waals surface area contributed by atoms with Crippen LogP contribution in [-0.2, 0) is 33.9 Å². The van der Waals surface area contributed by atoms with Crippen LogP contribution in [0.5, 0.6) is 0 Å². The summed E-state index contributed by atoms with van der Waals surface area (Å²) in [6.45, 7) is 3.37. The number of hydrogen-bond donors (Lipinski definition) is 0. The fraction of sp³-hybridized carbons (Fsp3) is 0.522. The fourth-order valence-corrected chi connectivity index (χ4v) is 5.46. The van der Waals surface area contributed by atoms with Gasteiger partial charge >= 0.3 is 6.18 Å². The van der Waals surface area contributed by atoms with Gasteiger partial charge in [-0.3, -0.25) is 4.90 Å². The van der Waals surface area contributed by atoms with Crippen LogP contribution in [0.1, 0.15) is 29.7 Å². The van der Waals surface area contributed by atoms with Gasteiger partial charge < -0.3 is 9.15 Å². The number of aromatic nitrogens is 2. The molecule has 2 aromatic rings. The minimum Gasteiger partial charge on any atom is -0.459 e. The van der Waals surface area contributed by atoms with E-state index in [0.717, 1.165) is 32.0 Å². The van der Waals surface area contributed by atoms with Crippen molar-refractivity contribution in [2.24, 2.45) is 4.99 Å². The zero-order chi connectivity index (χ0) is 25.5. The minimum atomic E-state index is -4.71. The predicted octanol–water partition coefficient (Wildman–Crippen LogP) is 3.20. The number of nitrogens with zero attached hydrogens (tertiary/aromatic N) is 5. The number of sulfonamides is 1. The maximum atomic E-state index is 13.8. The van der Waals surface area contributed by atoms with Crippen molar-refractivity contribution >= 4 is 21.7 Å². The summed E-state index contributed by atoms with van der Waals surface area (Å²) in [6.07, 6.45) is 2.78. The second kappa shape index (κ2) is 9.69. The van der Waals surface area contributed by atoms with Gasteiger partial charge in [0.2, 0.25) is 16.0 Å². The molecule has 13 heteroatoms. The van der Waals surface area contributed by atoms with Crippen LogP contribution >= 0.6 is 0 Å². The van der Waals surface area contributed by atoms with Crippen LogP contribution in [0, 0.1) is 0 Å². The highest BCUT2D eigenvalue weighted by Crippen LogP contribution is 2.38. The first-order chi connectivity index (χ1) is 17.1. The van der Waals surface area contributed by atoms with Crippen LogP contribution in [0.25, 0.3) is 11.5 Å². The van der Waals surface area contributed by atoms with E-state index in [2.05, 4.69) is 19.9 Å². The molecule has 5 rings (SSSR count). The first-order valence-corrected chi connectivity index (χ1v) is 13.5. The highest BCUT2D eigenvalue weighted by atomic mass is 32.2. The van der Waals surface area contributed by atoms with Crippen molar-refractivity contribution in [3.63, 3.8) is 0 Å². The molecule has 2 aromatic heterocycles. The second-order valence-corrected chi connectivity index (χ2v) is 11.0. The number of allylic oxidation sites excluding steroid dienone is 1. The van der Waals surface area contributed by atoms with Crippen LogP contribution in [0.15, 0.2) is 33.8 Å². The monoisotopic (exact) mass is 525 g/mol. The van der Waals surface area contributed by atoms with Crippen LogP contribution in [0.4, 0.5) is 19.1 Å². The summed E-state index contributed by atoms with van der Waals surface area (Å²) in [5, 5.41) is 0. The molecule has 36 heavy (non-hydrogen) atoms. The predicted molar refractivity (Wildman–Crippen MR) is 125 cm³/mol. The molecule has 2 aliphatic heterocycles. The van der Waals surface area contributed by atoms with Gasteiger partial charge in [0.25, 0.3) is 0 Å². The number of aliphatic imine (C=N–C) groups is 1. The lowest BCUT2D eigenvalue weighted by molar-refractivity contribution is -0.137. The first-order valence-electron chi connectivity index (χ1n) is 11.7. The van der Waals surface area contributed by atoms with E-state index in [1.54, 1.807) is 0 Å². The Bertz CT molecular complexity index is 1300. The van der Waals surface area contributed by atoms with Crippen molar-refractivity contribution in [3.05, 3.63) is 41.3 Å². The SMILES string of the molecule is CS(=O)(=O)N1CCc2oc(-c3nc(N=C4C=CC(N5CCOCC5)CC4)ncc3C(F)(F)F)cc2C1. The van der Waals surface area contributed by atoms with Crippen LogP contribution in [-0.4, -0.2) is 78.4 Å². The van der Waals surface area contributed by atoms with Gasteiger partial charge in [0.05, 0.1) is 19.5 Å². The molecular weight excluding hydrogens is 499 g/mol. The number of halogens is 3. The van der Waals surface area contributed by atoms with Gasteiger partial charge in [-0.1, -0.05) is 6.08 Å². The van der Waals surface area contributed by atoms with Gasteiger partial charge in [-0.15, -0.1) is 0 Å². The smallest absolute Gasteiger partial charge is 0.420 e. The summed E-state index contributed by atoms with van der Waals surface area (Å²) in [6, 6.07) is 1.70. The van der Waals surface area contributed by atoms with Crippen molar-refractivity contribution in [1.29, 1.82) is 0 Å². The summed E-state index contributed by atoms with van der Waals surface area (Å²) in [5.74, 6) is 0.279. The van der Waals surface area contributed by atoms with E-state index in [-0.39, 0.29) is 37.3 Å². The van der Waals surface area contributed by atoms with Crippen LogP contribution < -0.4 is 0 Å². The molecular formula is C23H26F3N5O4S. The number of furan rings is 1. The Morgan fingerprint density at radius 3 is 2.61 bits per heavy atom. The number of ether oxygens (including phenoxy) is 1. The maximum absolute atomic E-state index is 13.8. The average Bonchev–Trinajstić information content (AvgIpc) is 3.27. The second-order valence-electron chi connectivity index (χ2n) is 9.05. The average molecular weight is 526 g/mol.